The van der Waals surface area contributed by atoms with Crippen LogP contribution in [0.15, 0.2) is 41.3 Å². The molecular weight excluding hydrogens is 366 g/mol. The van der Waals surface area contributed by atoms with Gasteiger partial charge in [0, 0.05) is 19.5 Å². The SMILES string of the molecule is CCOc1ccc(S(=O)(=O)N2CCc3cc4c(cc3C2)OCCCO4)cc1. The molecule has 2 aliphatic rings. The highest BCUT2D eigenvalue weighted by Gasteiger charge is 2.29. The summed E-state index contributed by atoms with van der Waals surface area (Å²) in [4.78, 5) is 0.281. The van der Waals surface area contributed by atoms with E-state index in [-0.39, 0.29) is 4.90 Å². The Morgan fingerprint density at radius 3 is 2.37 bits per heavy atom. The molecule has 0 saturated heterocycles. The van der Waals surface area contributed by atoms with Gasteiger partial charge in [-0.05, 0) is 60.9 Å². The Labute approximate surface area is 159 Å². The molecule has 6 nitrogen and oxygen atoms in total. The van der Waals surface area contributed by atoms with Crippen LogP contribution in [0, 0.1) is 0 Å². The lowest BCUT2D eigenvalue weighted by Crippen LogP contribution is -2.36. The van der Waals surface area contributed by atoms with Gasteiger partial charge in [-0.25, -0.2) is 8.42 Å². The normalized spacial score (nSPS) is 17.1. The van der Waals surface area contributed by atoms with Crippen LogP contribution in [0.25, 0.3) is 0 Å². The van der Waals surface area contributed by atoms with Crippen LogP contribution in [-0.2, 0) is 23.0 Å². The zero-order valence-electron chi connectivity index (χ0n) is 15.3. The van der Waals surface area contributed by atoms with Crippen molar-refractivity contribution in [1.82, 2.24) is 4.31 Å². The summed E-state index contributed by atoms with van der Waals surface area (Å²) in [6.45, 7) is 4.48. The zero-order chi connectivity index (χ0) is 18.9. The van der Waals surface area contributed by atoms with Gasteiger partial charge in [-0.1, -0.05) is 0 Å². The highest BCUT2D eigenvalue weighted by atomic mass is 32.2. The second-order valence-corrected chi connectivity index (χ2v) is 8.55. The zero-order valence-corrected chi connectivity index (χ0v) is 16.1. The first kappa shape index (κ1) is 18.1. The molecule has 2 aliphatic heterocycles. The van der Waals surface area contributed by atoms with Gasteiger partial charge in [0.2, 0.25) is 10.0 Å². The summed E-state index contributed by atoms with van der Waals surface area (Å²) in [5.74, 6) is 2.13. The number of sulfonamides is 1. The molecule has 27 heavy (non-hydrogen) atoms. The molecule has 144 valence electrons. The maximum atomic E-state index is 13.0. The van der Waals surface area contributed by atoms with Gasteiger partial charge < -0.3 is 14.2 Å². The van der Waals surface area contributed by atoms with Crippen molar-refractivity contribution in [2.45, 2.75) is 31.2 Å². The first-order valence-corrected chi connectivity index (χ1v) is 10.7. The summed E-state index contributed by atoms with van der Waals surface area (Å²) in [5.41, 5.74) is 2.09. The fourth-order valence-electron chi connectivity index (χ4n) is 3.42. The predicted molar refractivity (Wildman–Crippen MR) is 101 cm³/mol. The molecule has 7 heteroatoms. The van der Waals surface area contributed by atoms with Crippen LogP contribution < -0.4 is 14.2 Å². The minimum Gasteiger partial charge on any atom is -0.494 e. The number of hydrogen-bond donors (Lipinski definition) is 0. The topological polar surface area (TPSA) is 65.1 Å². The van der Waals surface area contributed by atoms with E-state index in [0.29, 0.717) is 50.8 Å². The van der Waals surface area contributed by atoms with Crippen LogP contribution in [0.1, 0.15) is 24.5 Å². The maximum absolute atomic E-state index is 13.0. The van der Waals surface area contributed by atoms with E-state index in [0.717, 1.165) is 23.3 Å². The molecule has 0 N–H and O–H groups in total. The lowest BCUT2D eigenvalue weighted by molar-refractivity contribution is 0.297. The smallest absolute Gasteiger partial charge is 0.243 e. The molecule has 0 aliphatic carbocycles. The fraction of sp³-hybridized carbons (Fsp3) is 0.400. The molecule has 0 fully saturated rings. The molecule has 0 radical (unpaired) electrons. The molecule has 0 amide bonds. The van der Waals surface area contributed by atoms with Gasteiger partial charge in [-0.15, -0.1) is 0 Å². The Hall–Kier alpha value is -2.25. The van der Waals surface area contributed by atoms with Crippen molar-refractivity contribution in [3.8, 4) is 17.2 Å². The number of hydrogen-bond acceptors (Lipinski definition) is 5. The third-order valence-electron chi connectivity index (χ3n) is 4.82. The van der Waals surface area contributed by atoms with Gasteiger partial charge in [0.05, 0.1) is 24.7 Å². The molecule has 0 aromatic heterocycles. The summed E-state index contributed by atoms with van der Waals surface area (Å²) in [5, 5.41) is 0. The van der Waals surface area contributed by atoms with Crippen LogP contribution in [0.2, 0.25) is 0 Å². The number of ether oxygens (including phenoxy) is 3. The van der Waals surface area contributed by atoms with Gasteiger partial charge in [-0.3, -0.25) is 0 Å². The number of benzene rings is 2. The van der Waals surface area contributed by atoms with E-state index in [1.807, 2.05) is 19.1 Å². The standard InChI is InChI=1S/C20H23NO5S/c1-2-24-17-4-6-18(7-5-17)27(22,23)21-9-8-15-12-19-20(13-16(15)14-21)26-11-3-10-25-19/h4-7,12-13H,2-3,8-11,14H2,1H3. The van der Waals surface area contributed by atoms with Gasteiger partial charge in [0.15, 0.2) is 11.5 Å². The Kier molecular flexibility index (Phi) is 4.97. The molecule has 4 rings (SSSR count). The lowest BCUT2D eigenvalue weighted by Gasteiger charge is -2.29. The molecule has 0 bridgehead atoms. The Bertz CT molecular complexity index is 924. The Morgan fingerprint density at radius 1 is 1.04 bits per heavy atom. The molecule has 0 saturated carbocycles. The average Bonchev–Trinajstić information content (AvgIpc) is 2.91. The fourth-order valence-corrected chi connectivity index (χ4v) is 4.83. The largest absolute Gasteiger partial charge is 0.494 e. The first-order chi connectivity index (χ1) is 13.1. The van der Waals surface area contributed by atoms with E-state index in [2.05, 4.69) is 0 Å². The molecule has 0 unspecified atom stereocenters. The quantitative estimate of drug-likeness (QED) is 0.804. The van der Waals surface area contributed by atoms with Crippen LogP contribution in [-0.4, -0.2) is 39.1 Å². The van der Waals surface area contributed by atoms with E-state index < -0.39 is 10.0 Å². The van der Waals surface area contributed by atoms with E-state index in [4.69, 9.17) is 14.2 Å². The molecule has 2 aromatic rings. The Balaban J connectivity index is 1.58. The summed E-state index contributed by atoms with van der Waals surface area (Å²) >= 11 is 0. The van der Waals surface area contributed by atoms with Crippen molar-refractivity contribution in [3.05, 3.63) is 47.5 Å². The van der Waals surface area contributed by atoms with Crippen LogP contribution >= 0.6 is 0 Å². The van der Waals surface area contributed by atoms with E-state index >= 15 is 0 Å². The summed E-state index contributed by atoms with van der Waals surface area (Å²) in [6.07, 6.45) is 1.50. The molecule has 0 atom stereocenters. The maximum Gasteiger partial charge on any atom is 0.243 e. The summed E-state index contributed by atoms with van der Waals surface area (Å²) in [6, 6.07) is 10.5. The van der Waals surface area contributed by atoms with Gasteiger partial charge in [0.1, 0.15) is 5.75 Å². The third kappa shape index (κ3) is 3.61. The molecule has 0 spiro atoms. The van der Waals surface area contributed by atoms with Crippen molar-refractivity contribution in [1.29, 1.82) is 0 Å². The van der Waals surface area contributed by atoms with E-state index in [1.165, 1.54) is 4.31 Å². The minimum atomic E-state index is -3.56. The highest BCUT2D eigenvalue weighted by Crippen LogP contribution is 2.36. The number of fused-ring (bicyclic) bond motifs is 2. The molecular formula is C20H23NO5S. The summed E-state index contributed by atoms with van der Waals surface area (Å²) < 4.78 is 44.5. The highest BCUT2D eigenvalue weighted by molar-refractivity contribution is 7.89. The van der Waals surface area contributed by atoms with Crippen molar-refractivity contribution < 1.29 is 22.6 Å². The van der Waals surface area contributed by atoms with Gasteiger partial charge in [-0.2, -0.15) is 4.31 Å². The number of rotatable bonds is 4. The average molecular weight is 389 g/mol. The van der Waals surface area contributed by atoms with Crippen LogP contribution in [0.5, 0.6) is 17.2 Å². The Morgan fingerprint density at radius 2 is 1.70 bits per heavy atom. The van der Waals surface area contributed by atoms with Crippen molar-refractivity contribution in [2.75, 3.05) is 26.4 Å². The second-order valence-electron chi connectivity index (χ2n) is 6.61. The van der Waals surface area contributed by atoms with Crippen LogP contribution in [0.3, 0.4) is 0 Å². The molecule has 2 aromatic carbocycles. The first-order valence-electron chi connectivity index (χ1n) is 9.22. The third-order valence-corrected chi connectivity index (χ3v) is 6.68. The number of nitrogens with zero attached hydrogens (tertiary/aromatic N) is 1. The van der Waals surface area contributed by atoms with Crippen molar-refractivity contribution >= 4 is 10.0 Å². The lowest BCUT2D eigenvalue weighted by atomic mass is 10.0. The summed E-state index contributed by atoms with van der Waals surface area (Å²) in [7, 11) is -3.56. The minimum absolute atomic E-state index is 0.281. The van der Waals surface area contributed by atoms with Crippen molar-refractivity contribution in [2.24, 2.45) is 0 Å². The van der Waals surface area contributed by atoms with E-state index in [1.54, 1.807) is 24.3 Å². The van der Waals surface area contributed by atoms with Gasteiger partial charge in [0.25, 0.3) is 0 Å². The predicted octanol–water partition coefficient (Wildman–Crippen LogP) is 2.99. The van der Waals surface area contributed by atoms with Crippen LogP contribution in [0.4, 0.5) is 0 Å². The van der Waals surface area contributed by atoms with Crippen molar-refractivity contribution in [3.63, 3.8) is 0 Å². The van der Waals surface area contributed by atoms with Gasteiger partial charge >= 0.3 is 0 Å². The second kappa shape index (κ2) is 7.40. The van der Waals surface area contributed by atoms with E-state index in [9.17, 15) is 8.42 Å². The molecule has 2 heterocycles. The monoisotopic (exact) mass is 389 g/mol.